The van der Waals surface area contributed by atoms with Crippen LogP contribution in [-0.4, -0.2) is 24.7 Å². The molecule has 6 heteroatoms. The number of phenolic OH excluding ortho intramolecular Hbond substituents is 1. The van der Waals surface area contributed by atoms with E-state index in [1.807, 2.05) is 0 Å². The first kappa shape index (κ1) is 16.6. The summed E-state index contributed by atoms with van der Waals surface area (Å²) in [6.07, 6.45) is 0.610. The molecule has 1 heterocycles. The van der Waals surface area contributed by atoms with Gasteiger partial charge in [-0.25, -0.2) is 4.79 Å². The molecule has 1 aromatic heterocycles. The summed E-state index contributed by atoms with van der Waals surface area (Å²) in [5, 5.41) is 12.6. The van der Waals surface area contributed by atoms with Crippen LogP contribution in [0, 0.1) is 0 Å². The van der Waals surface area contributed by atoms with Crippen LogP contribution in [0.3, 0.4) is 0 Å². The Morgan fingerprint density at radius 1 is 1.16 bits per heavy atom. The number of aromatic hydroxyl groups is 1. The van der Waals surface area contributed by atoms with Gasteiger partial charge in [0.2, 0.25) is 0 Å². The van der Waals surface area contributed by atoms with Crippen LogP contribution in [0.25, 0.3) is 11.0 Å². The van der Waals surface area contributed by atoms with E-state index in [9.17, 15) is 14.7 Å². The number of phenols is 1. The average molecular weight is 339 g/mol. The second-order valence-electron chi connectivity index (χ2n) is 5.51. The zero-order valence-electron chi connectivity index (χ0n) is 13.6. The lowest BCUT2D eigenvalue weighted by atomic mass is 10.1. The van der Waals surface area contributed by atoms with Crippen molar-refractivity contribution in [2.45, 2.75) is 6.42 Å². The predicted molar refractivity (Wildman–Crippen MR) is 93.2 cm³/mol. The van der Waals surface area contributed by atoms with E-state index in [4.69, 9.17) is 9.15 Å². The number of amides is 1. The van der Waals surface area contributed by atoms with E-state index in [-0.39, 0.29) is 17.2 Å². The summed E-state index contributed by atoms with van der Waals surface area (Å²) in [7, 11) is 1.51. The Balaban J connectivity index is 1.77. The zero-order valence-corrected chi connectivity index (χ0v) is 13.6. The number of ether oxygens (including phenoxy) is 1. The summed E-state index contributed by atoms with van der Waals surface area (Å²) in [4.78, 5) is 24.2. The molecule has 0 aliphatic carbocycles. The van der Waals surface area contributed by atoms with Crippen LogP contribution in [0.5, 0.6) is 11.5 Å². The quantitative estimate of drug-likeness (QED) is 0.697. The van der Waals surface area contributed by atoms with Crippen LogP contribution in [0.4, 0.5) is 0 Å². The van der Waals surface area contributed by atoms with E-state index in [0.717, 1.165) is 5.56 Å². The summed E-state index contributed by atoms with van der Waals surface area (Å²) >= 11 is 0. The van der Waals surface area contributed by atoms with Gasteiger partial charge in [0.05, 0.1) is 12.7 Å². The van der Waals surface area contributed by atoms with E-state index in [0.29, 0.717) is 29.7 Å². The summed E-state index contributed by atoms with van der Waals surface area (Å²) in [5.41, 5.74) is 0.958. The highest BCUT2D eigenvalue weighted by Crippen LogP contribution is 2.22. The van der Waals surface area contributed by atoms with Crippen molar-refractivity contribution in [2.75, 3.05) is 13.7 Å². The standard InChI is InChI=1S/C19H17NO5/c1-24-14-6-7-15-16(11-18(22)25-17(15)10-14)19(23)20-9-8-12-2-4-13(21)5-3-12/h2-7,10-11,21H,8-9H2,1H3,(H,20,23). The van der Waals surface area contributed by atoms with E-state index >= 15 is 0 Å². The normalized spacial score (nSPS) is 10.6. The molecule has 0 saturated carbocycles. The predicted octanol–water partition coefficient (Wildman–Crippen LogP) is 2.48. The Morgan fingerprint density at radius 3 is 2.64 bits per heavy atom. The molecule has 0 atom stereocenters. The molecular weight excluding hydrogens is 322 g/mol. The van der Waals surface area contributed by atoms with Crippen LogP contribution in [0.15, 0.2) is 57.7 Å². The minimum atomic E-state index is -0.593. The minimum Gasteiger partial charge on any atom is -0.508 e. The van der Waals surface area contributed by atoms with Gasteiger partial charge in [0.15, 0.2) is 0 Å². The first-order valence-corrected chi connectivity index (χ1v) is 7.75. The highest BCUT2D eigenvalue weighted by Gasteiger charge is 2.13. The third kappa shape index (κ3) is 3.80. The second-order valence-corrected chi connectivity index (χ2v) is 5.51. The van der Waals surface area contributed by atoms with Crippen molar-refractivity contribution in [3.8, 4) is 11.5 Å². The number of methoxy groups -OCH3 is 1. The fourth-order valence-corrected chi connectivity index (χ4v) is 2.54. The van der Waals surface area contributed by atoms with Crippen LogP contribution in [-0.2, 0) is 6.42 Å². The second kappa shape index (κ2) is 7.09. The molecule has 0 fully saturated rings. The van der Waals surface area contributed by atoms with E-state index in [1.165, 1.54) is 13.2 Å². The number of hydrogen-bond donors (Lipinski definition) is 2. The van der Waals surface area contributed by atoms with Crippen molar-refractivity contribution in [1.82, 2.24) is 5.32 Å². The largest absolute Gasteiger partial charge is 0.508 e. The molecule has 0 spiro atoms. The van der Waals surface area contributed by atoms with Crippen molar-refractivity contribution in [2.24, 2.45) is 0 Å². The number of benzene rings is 2. The highest BCUT2D eigenvalue weighted by atomic mass is 16.5. The maximum atomic E-state index is 12.4. The van der Waals surface area contributed by atoms with Gasteiger partial charge in [0, 0.05) is 24.1 Å². The maximum Gasteiger partial charge on any atom is 0.337 e. The lowest BCUT2D eigenvalue weighted by Crippen LogP contribution is -2.26. The van der Waals surface area contributed by atoms with E-state index in [1.54, 1.807) is 42.5 Å². The average Bonchev–Trinajstić information content (AvgIpc) is 2.62. The van der Waals surface area contributed by atoms with Crippen molar-refractivity contribution in [3.05, 3.63) is 70.1 Å². The van der Waals surface area contributed by atoms with E-state index < -0.39 is 5.63 Å². The molecule has 3 rings (SSSR count). The summed E-state index contributed by atoms with van der Waals surface area (Å²) in [5.74, 6) is 0.396. The molecule has 0 bridgehead atoms. The molecule has 2 N–H and O–H groups in total. The van der Waals surface area contributed by atoms with Gasteiger partial charge in [0.1, 0.15) is 17.1 Å². The Hall–Kier alpha value is -3.28. The van der Waals surface area contributed by atoms with Gasteiger partial charge in [-0.15, -0.1) is 0 Å². The van der Waals surface area contributed by atoms with Crippen LogP contribution in [0.2, 0.25) is 0 Å². The third-order valence-electron chi connectivity index (χ3n) is 3.83. The van der Waals surface area contributed by atoms with Gasteiger partial charge >= 0.3 is 5.63 Å². The Morgan fingerprint density at radius 2 is 1.92 bits per heavy atom. The summed E-state index contributed by atoms with van der Waals surface area (Å²) in [6, 6.07) is 12.9. The van der Waals surface area contributed by atoms with Gasteiger partial charge in [0.25, 0.3) is 5.91 Å². The minimum absolute atomic E-state index is 0.200. The molecule has 0 saturated heterocycles. The summed E-state index contributed by atoms with van der Waals surface area (Å²) < 4.78 is 10.2. The Bertz CT molecular complexity index is 960. The zero-order chi connectivity index (χ0) is 17.8. The smallest absolute Gasteiger partial charge is 0.337 e. The third-order valence-corrected chi connectivity index (χ3v) is 3.83. The van der Waals surface area contributed by atoms with Crippen molar-refractivity contribution in [3.63, 3.8) is 0 Å². The van der Waals surface area contributed by atoms with E-state index in [2.05, 4.69) is 5.32 Å². The Labute approximate surface area is 143 Å². The van der Waals surface area contributed by atoms with Gasteiger partial charge in [-0.05, 0) is 36.2 Å². The molecule has 25 heavy (non-hydrogen) atoms. The van der Waals surface area contributed by atoms with Crippen molar-refractivity contribution >= 4 is 16.9 Å². The fraction of sp³-hybridized carbons (Fsp3) is 0.158. The molecule has 6 nitrogen and oxygen atoms in total. The number of carbonyl (C=O) groups is 1. The summed E-state index contributed by atoms with van der Waals surface area (Å²) in [6.45, 7) is 0.404. The van der Waals surface area contributed by atoms with Gasteiger partial charge < -0.3 is 19.6 Å². The molecule has 128 valence electrons. The molecule has 3 aromatic rings. The number of carbonyl (C=O) groups excluding carboxylic acids is 1. The maximum absolute atomic E-state index is 12.4. The van der Waals surface area contributed by atoms with Gasteiger partial charge in [-0.3, -0.25) is 4.79 Å². The molecular formula is C19H17NO5. The monoisotopic (exact) mass is 339 g/mol. The molecule has 2 aromatic carbocycles. The lowest BCUT2D eigenvalue weighted by molar-refractivity contribution is 0.0955. The number of fused-ring (bicyclic) bond motifs is 1. The SMILES string of the molecule is COc1ccc2c(C(=O)NCCc3ccc(O)cc3)cc(=O)oc2c1. The first-order chi connectivity index (χ1) is 12.1. The fourth-order valence-electron chi connectivity index (χ4n) is 2.54. The van der Waals surface area contributed by atoms with Crippen LogP contribution < -0.4 is 15.7 Å². The van der Waals surface area contributed by atoms with Gasteiger partial charge in [-0.1, -0.05) is 12.1 Å². The van der Waals surface area contributed by atoms with Crippen molar-refractivity contribution in [1.29, 1.82) is 0 Å². The topological polar surface area (TPSA) is 88.8 Å². The Kier molecular flexibility index (Phi) is 4.70. The highest BCUT2D eigenvalue weighted by molar-refractivity contribution is 6.05. The van der Waals surface area contributed by atoms with Crippen molar-refractivity contribution < 1.29 is 19.1 Å². The number of nitrogens with one attached hydrogen (secondary N) is 1. The van der Waals surface area contributed by atoms with Crippen LogP contribution in [0.1, 0.15) is 15.9 Å². The van der Waals surface area contributed by atoms with Crippen LogP contribution >= 0.6 is 0 Å². The number of rotatable bonds is 5. The van der Waals surface area contributed by atoms with Gasteiger partial charge in [-0.2, -0.15) is 0 Å². The molecule has 0 unspecified atom stereocenters. The number of hydrogen-bond acceptors (Lipinski definition) is 5. The lowest BCUT2D eigenvalue weighted by Gasteiger charge is -2.08. The molecule has 0 radical (unpaired) electrons. The molecule has 1 amide bonds. The molecule has 0 aliphatic heterocycles. The molecule has 0 aliphatic rings. The first-order valence-electron chi connectivity index (χ1n) is 7.75.